The fourth-order valence-corrected chi connectivity index (χ4v) is 2.20. The largest absolute Gasteiger partial charge is 0.264 e. The van der Waals surface area contributed by atoms with Crippen LogP contribution < -0.4 is 0 Å². The SMILES string of the molecule is CC(C)(C)c1cncc2ccc(Cl)c(Cl)c12. The van der Waals surface area contributed by atoms with Crippen molar-refractivity contribution in [2.75, 3.05) is 0 Å². The number of fused-ring (bicyclic) bond motifs is 1. The lowest BCUT2D eigenvalue weighted by atomic mass is 9.85. The highest BCUT2D eigenvalue weighted by molar-refractivity contribution is 6.45. The van der Waals surface area contributed by atoms with Gasteiger partial charge in [0.25, 0.3) is 0 Å². The summed E-state index contributed by atoms with van der Waals surface area (Å²) in [6, 6.07) is 3.76. The molecular formula is C13H13Cl2N. The van der Waals surface area contributed by atoms with E-state index in [2.05, 4.69) is 25.8 Å². The van der Waals surface area contributed by atoms with Crippen LogP contribution in [-0.4, -0.2) is 4.98 Å². The Morgan fingerprint density at radius 2 is 1.75 bits per heavy atom. The summed E-state index contributed by atoms with van der Waals surface area (Å²) < 4.78 is 0. The van der Waals surface area contributed by atoms with E-state index in [1.165, 1.54) is 0 Å². The van der Waals surface area contributed by atoms with E-state index in [4.69, 9.17) is 23.2 Å². The molecule has 0 fully saturated rings. The van der Waals surface area contributed by atoms with Crippen molar-refractivity contribution in [2.24, 2.45) is 0 Å². The van der Waals surface area contributed by atoms with Crippen molar-refractivity contribution in [3.05, 3.63) is 40.1 Å². The van der Waals surface area contributed by atoms with Crippen LogP contribution in [0.1, 0.15) is 26.3 Å². The summed E-state index contributed by atoms with van der Waals surface area (Å²) in [5, 5.41) is 3.25. The molecule has 0 bridgehead atoms. The quantitative estimate of drug-likeness (QED) is 0.655. The maximum Gasteiger partial charge on any atom is 0.0674 e. The molecule has 3 heteroatoms. The monoisotopic (exact) mass is 253 g/mol. The molecule has 0 spiro atoms. The van der Waals surface area contributed by atoms with Crippen molar-refractivity contribution in [3.63, 3.8) is 0 Å². The lowest BCUT2D eigenvalue weighted by molar-refractivity contribution is 0.593. The lowest BCUT2D eigenvalue weighted by Gasteiger charge is -2.21. The fraction of sp³-hybridized carbons (Fsp3) is 0.308. The standard InChI is InChI=1S/C13H13Cl2N/c1-13(2,3)9-7-16-6-8-4-5-10(14)12(15)11(8)9/h4-7H,1-3H3. The van der Waals surface area contributed by atoms with Gasteiger partial charge in [0, 0.05) is 23.2 Å². The average molecular weight is 254 g/mol. The molecule has 0 unspecified atom stereocenters. The summed E-state index contributed by atoms with van der Waals surface area (Å²) >= 11 is 12.3. The van der Waals surface area contributed by atoms with Gasteiger partial charge < -0.3 is 0 Å². The number of benzene rings is 1. The average Bonchev–Trinajstić information content (AvgIpc) is 2.21. The van der Waals surface area contributed by atoms with E-state index in [1.54, 1.807) is 6.07 Å². The molecule has 1 nitrogen and oxygen atoms in total. The number of hydrogen-bond acceptors (Lipinski definition) is 1. The van der Waals surface area contributed by atoms with Crippen LogP contribution in [0.25, 0.3) is 10.8 Å². The van der Waals surface area contributed by atoms with E-state index in [0.29, 0.717) is 10.0 Å². The van der Waals surface area contributed by atoms with Crippen LogP contribution in [0, 0.1) is 0 Å². The van der Waals surface area contributed by atoms with Crippen molar-refractivity contribution in [2.45, 2.75) is 26.2 Å². The zero-order valence-electron chi connectivity index (χ0n) is 9.51. The molecule has 0 N–H and O–H groups in total. The molecule has 1 aromatic carbocycles. The molecule has 0 saturated heterocycles. The lowest BCUT2D eigenvalue weighted by Crippen LogP contribution is -2.12. The van der Waals surface area contributed by atoms with Crippen LogP contribution in [0.15, 0.2) is 24.5 Å². The molecule has 0 saturated carbocycles. The van der Waals surface area contributed by atoms with Gasteiger partial charge in [0.1, 0.15) is 0 Å². The van der Waals surface area contributed by atoms with Crippen molar-refractivity contribution in [1.29, 1.82) is 0 Å². The van der Waals surface area contributed by atoms with Gasteiger partial charge in [-0.25, -0.2) is 0 Å². The number of nitrogens with zero attached hydrogens (tertiary/aromatic N) is 1. The summed E-state index contributed by atoms with van der Waals surface area (Å²) in [7, 11) is 0. The Bertz CT molecular complexity index is 541. The van der Waals surface area contributed by atoms with Crippen LogP contribution in [-0.2, 0) is 5.41 Å². The summed E-state index contributed by atoms with van der Waals surface area (Å²) in [5.41, 5.74) is 1.12. The van der Waals surface area contributed by atoms with Crippen molar-refractivity contribution >= 4 is 34.0 Å². The van der Waals surface area contributed by atoms with Gasteiger partial charge in [0.2, 0.25) is 0 Å². The van der Waals surface area contributed by atoms with E-state index in [0.717, 1.165) is 16.3 Å². The summed E-state index contributed by atoms with van der Waals surface area (Å²) in [6.07, 6.45) is 3.68. The molecule has 0 aliphatic heterocycles. The minimum absolute atomic E-state index is 0.000826. The van der Waals surface area contributed by atoms with E-state index in [9.17, 15) is 0 Å². The Kier molecular flexibility index (Phi) is 2.85. The topological polar surface area (TPSA) is 12.9 Å². The Morgan fingerprint density at radius 3 is 2.38 bits per heavy atom. The molecule has 2 rings (SSSR count). The molecule has 1 aromatic heterocycles. The number of hydrogen-bond donors (Lipinski definition) is 0. The maximum atomic E-state index is 6.28. The van der Waals surface area contributed by atoms with E-state index in [-0.39, 0.29) is 5.41 Å². The van der Waals surface area contributed by atoms with Gasteiger partial charge >= 0.3 is 0 Å². The predicted octanol–water partition coefficient (Wildman–Crippen LogP) is 4.84. The third-order valence-electron chi connectivity index (χ3n) is 2.62. The molecule has 1 heterocycles. The number of halogens is 2. The minimum atomic E-state index is 0.000826. The first-order valence-electron chi connectivity index (χ1n) is 5.13. The van der Waals surface area contributed by atoms with E-state index >= 15 is 0 Å². The third-order valence-corrected chi connectivity index (χ3v) is 3.43. The van der Waals surface area contributed by atoms with Crippen molar-refractivity contribution in [3.8, 4) is 0 Å². The molecule has 16 heavy (non-hydrogen) atoms. The van der Waals surface area contributed by atoms with Gasteiger partial charge in [-0.2, -0.15) is 0 Å². The Labute approximate surface area is 105 Å². The highest BCUT2D eigenvalue weighted by atomic mass is 35.5. The van der Waals surface area contributed by atoms with Crippen LogP contribution in [0.4, 0.5) is 0 Å². The molecule has 0 radical (unpaired) electrons. The molecule has 0 amide bonds. The van der Waals surface area contributed by atoms with E-state index < -0.39 is 0 Å². The van der Waals surface area contributed by atoms with Gasteiger partial charge in [-0.15, -0.1) is 0 Å². The first kappa shape index (κ1) is 11.7. The second kappa shape index (κ2) is 3.90. The predicted molar refractivity (Wildman–Crippen MR) is 70.5 cm³/mol. The summed E-state index contributed by atoms with van der Waals surface area (Å²) in [6.45, 7) is 6.42. The molecule has 0 aliphatic rings. The highest BCUT2D eigenvalue weighted by Crippen LogP contribution is 2.37. The van der Waals surface area contributed by atoms with Crippen LogP contribution in [0.3, 0.4) is 0 Å². The zero-order valence-corrected chi connectivity index (χ0v) is 11.0. The molecule has 0 aliphatic carbocycles. The Balaban J connectivity index is 2.91. The third kappa shape index (κ3) is 1.90. The highest BCUT2D eigenvalue weighted by Gasteiger charge is 2.19. The first-order chi connectivity index (χ1) is 7.41. The molecule has 2 aromatic rings. The van der Waals surface area contributed by atoms with Crippen molar-refractivity contribution < 1.29 is 0 Å². The second-order valence-electron chi connectivity index (χ2n) is 4.90. The van der Waals surface area contributed by atoms with Crippen LogP contribution >= 0.6 is 23.2 Å². The second-order valence-corrected chi connectivity index (χ2v) is 5.68. The van der Waals surface area contributed by atoms with Crippen LogP contribution in [0.2, 0.25) is 10.0 Å². The normalized spacial score (nSPS) is 12.1. The zero-order chi connectivity index (χ0) is 11.9. The number of rotatable bonds is 0. The smallest absolute Gasteiger partial charge is 0.0674 e. The minimum Gasteiger partial charge on any atom is -0.264 e. The van der Waals surface area contributed by atoms with Gasteiger partial charge in [-0.1, -0.05) is 50.0 Å². The maximum absolute atomic E-state index is 6.28. The van der Waals surface area contributed by atoms with Gasteiger partial charge in [0.15, 0.2) is 0 Å². The Hall–Kier alpha value is -0.790. The summed E-state index contributed by atoms with van der Waals surface area (Å²) in [4.78, 5) is 4.25. The molecule has 0 atom stereocenters. The van der Waals surface area contributed by atoms with Crippen LogP contribution in [0.5, 0.6) is 0 Å². The Morgan fingerprint density at radius 1 is 1.06 bits per heavy atom. The number of aromatic nitrogens is 1. The van der Waals surface area contributed by atoms with E-state index in [1.807, 2.05) is 18.5 Å². The molecule has 84 valence electrons. The molecular weight excluding hydrogens is 241 g/mol. The summed E-state index contributed by atoms with van der Waals surface area (Å²) in [5.74, 6) is 0. The van der Waals surface area contributed by atoms with Gasteiger partial charge in [-0.3, -0.25) is 4.98 Å². The van der Waals surface area contributed by atoms with Crippen molar-refractivity contribution in [1.82, 2.24) is 4.98 Å². The van der Waals surface area contributed by atoms with Gasteiger partial charge in [0.05, 0.1) is 10.0 Å². The first-order valence-corrected chi connectivity index (χ1v) is 5.89. The van der Waals surface area contributed by atoms with Gasteiger partial charge in [-0.05, 0) is 17.0 Å². The fourth-order valence-electron chi connectivity index (χ4n) is 1.77. The number of pyridine rings is 1.